The minimum atomic E-state index is 0.0151. The molecule has 23 heavy (non-hydrogen) atoms. The largest absolute Gasteiger partial charge is 0.360 e. The molecule has 0 spiro atoms. The van der Waals surface area contributed by atoms with Crippen molar-refractivity contribution in [2.75, 3.05) is 42.9 Å². The lowest BCUT2D eigenvalue weighted by atomic mass is 10.2. The molecule has 1 saturated heterocycles. The molecular formula is C18H21ClN3O+. The fraction of sp³-hybridized carbons (Fsp3) is 0.278. The van der Waals surface area contributed by atoms with Crippen molar-refractivity contribution < 1.29 is 9.69 Å². The van der Waals surface area contributed by atoms with Crippen LogP contribution in [0.2, 0.25) is 5.02 Å². The van der Waals surface area contributed by atoms with Crippen LogP contribution in [-0.4, -0.2) is 38.6 Å². The predicted octanol–water partition coefficient (Wildman–Crippen LogP) is 1.68. The zero-order chi connectivity index (χ0) is 16.1. The number of nitrogens with one attached hydrogen (secondary N) is 2. The number of carbonyl (C=O) groups is 1. The van der Waals surface area contributed by atoms with E-state index in [9.17, 15) is 4.79 Å². The summed E-state index contributed by atoms with van der Waals surface area (Å²) in [7, 11) is 0. The molecule has 0 aliphatic carbocycles. The summed E-state index contributed by atoms with van der Waals surface area (Å²) in [6, 6.07) is 17.7. The molecule has 120 valence electrons. The van der Waals surface area contributed by atoms with Gasteiger partial charge in [0, 0.05) is 5.69 Å². The molecule has 1 heterocycles. The van der Waals surface area contributed by atoms with Gasteiger partial charge in [-0.15, -0.1) is 0 Å². The average Bonchev–Trinajstić information content (AvgIpc) is 2.58. The van der Waals surface area contributed by atoms with Crippen LogP contribution in [-0.2, 0) is 4.79 Å². The van der Waals surface area contributed by atoms with E-state index < -0.39 is 0 Å². The topological polar surface area (TPSA) is 36.8 Å². The monoisotopic (exact) mass is 330 g/mol. The molecule has 1 amide bonds. The van der Waals surface area contributed by atoms with Gasteiger partial charge in [-0.25, -0.2) is 0 Å². The van der Waals surface area contributed by atoms with E-state index in [1.165, 1.54) is 10.6 Å². The third-order valence-electron chi connectivity index (χ3n) is 4.15. The Kier molecular flexibility index (Phi) is 5.16. The second kappa shape index (κ2) is 7.49. The summed E-state index contributed by atoms with van der Waals surface area (Å²) in [6.45, 7) is 4.35. The summed E-state index contributed by atoms with van der Waals surface area (Å²) in [5.41, 5.74) is 1.94. The van der Waals surface area contributed by atoms with Crippen molar-refractivity contribution >= 4 is 28.9 Å². The summed E-state index contributed by atoms with van der Waals surface area (Å²) in [5.74, 6) is 0.0151. The van der Waals surface area contributed by atoms with Crippen molar-refractivity contribution in [2.45, 2.75) is 0 Å². The van der Waals surface area contributed by atoms with Crippen LogP contribution < -0.4 is 15.1 Å². The van der Waals surface area contributed by atoms with Crippen molar-refractivity contribution in [3.63, 3.8) is 0 Å². The quantitative estimate of drug-likeness (QED) is 0.895. The summed E-state index contributed by atoms with van der Waals surface area (Å²) < 4.78 is 0. The first-order valence-corrected chi connectivity index (χ1v) is 8.28. The number of hydrogen-bond acceptors (Lipinski definition) is 2. The van der Waals surface area contributed by atoms with Gasteiger partial charge >= 0.3 is 0 Å². The number of para-hydroxylation sites is 2. The molecule has 0 atom stereocenters. The first-order valence-electron chi connectivity index (χ1n) is 7.90. The van der Waals surface area contributed by atoms with Gasteiger partial charge < -0.3 is 15.1 Å². The molecule has 0 aromatic heterocycles. The lowest BCUT2D eigenvalue weighted by Gasteiger charge is -2.33. The molecule has 2 N–H and O–H groups in total. The summed E-state index contributed by atoms with van der Waals surface area (Å²) >= 11 is 6.07. The lowest BCUT2D eigenvalue weighted by Crippen LogP contribution is -3.15. The van der Waals surface area contributed by atoms with Crippen LogP contribution in [0.15, 0.2) is 54.6 Å². The van der Waals surface area contributed by atoms with Gasteiger partial charge in [0.15, 0.2) is 6.54 Å². The molecule has 0 bridgehead atoms. The standard InChI is InChI=1S/C18H20ClN3O/c19-16-8-4-5-9-17(16)20-18(23)14-21-10-12-22(13-11-21)15-6-2-1-3-7-15/h1-9H,10-14H2,(H,20,23)/p+1. The van der Waals surface area contributed by atoms with Crippen LogP contribution in [0.4, 0.5) is 11.4 Å². The van der Waals surface area contributed by atoms with Gasteiger partial charge in [-0.3, -0.25) is 4.79 Å². The van der Waals surface area contributed by atoms with Crippen LogP contribution >= 0.6 is 11.6 Å². The van der Waals surface area contributed by atoms with E-state index in [1.807, 2.05) is 24.3 Å². The van der Waals surface area contributed by atoms with E-state index in [0.29, 0.717) is 17.3 Å². The van der Waals surface area contributed by atoms with E-state index in [0.717, 1.165) is 26.2 Å². The van der Waals surface area contributed by atoms with E-state index in [4.69, 9.17) is 11.6 Å². The molecule has 4 nitrogen and oxygen atoms in total. The fourth-order valence-electron chi connectivity index (χ4n) is 2.88. The van der Waals surface area contributed by atoms with Gasteiger partial charge in [-0.1, -0.05) is 41.9 Å². The van der Waals surface area contributed by atoms with E-state index in [-0.39, 0.29) is 5.91 Å². The van der Waals surface area contributed by atoms with Crippen LogP contribution in [0.1, 0.15) is 0 Å². The molecule has 5 heteroatoms. The maximum atomic E-state index is 12.2. The van der Waals surface area contributed by atoms with Crippen molar-refractivity contribution in [1.29, 1.82) is 0 Å². The maximum absolute atomic E-state index is 12.2. The third kappa shape index (κ3) is 4.24. The van der Waals surface area contributed by atoms with E-state index in [2.05, 4.69) is 34.5 Å². The average molecular weight is 331 g/mol. The number of rotatable bonds is 4. The van der Waals surface area contributed by atoms with Gasteiger partial charge in [0.2, 0.25) is 0 Å². The number of piperazine rings is 1. The van der Waals surface area contributed by atoms with Gasteiger partial charge in [0.1, 0.15) is 0 Å². The molecule has 3 rings (SSSR count). The summed E-state index contributed by atoms with van der Waals surface area (Å²) in [6.07, 6.45) is 0. The van der Waals surface area contributed by atoms with Crippen molar-refractivity contribution in [2.24, 2.45) is 0 Å². The predicted molar refractivity (Wildman–Crippen MR) is 94.3 cm³/mol. The van der Waals surface area contributed by atoms with Crippen LogP contribution in [0.5, 0.6) is 0 Å². The second-order valence-electron chi connectivity index (χ2n) is 5.78. The van der Waals surface area contributed by atoms with Crippen LogP contribution in [0.3, 0.4) is 0 Å². The number of nitrogens with zero attached hydrogens (tertiary/aromatic N) is 1. The Morgan fingerprint density at radius 3 is 2.39 bits per heavy atom. The van der Waals surface area contributed by atoms with E-state index >= 15 is 0 Å². The molecule has 2 aromatic rings. The van der Waals surface area contributed by atoms with Crippen molar-refractivity contribution in [3.05, 3.63) is 59.6 Å². The Bertz CT molecular complexity index is 654. The zero-order valence-electron chi connectivity index (χ0n) is 13.0. The molecule has 1 aliphatic heterocycles. The molecule has 1 aliphatic rings. The highest BCUT2D eigenvalue weighted by Crippen LogP contribution is 2.20. The fourth-order valence-corrected chi connectivity index (χ4v) is 3.06. The number of anilines is 2. The third-order valence-corrected chi connectivity index (χ3v) is 4.48. The number of hydrogen-bond donors (Lipinski definition) is 2. The Morgan fingerprint density at radius 1 is 1.04 bits per heavy atom. The Balaban J connectivity index is 1.49. The normalized spacial score (nSPS) is 15.4. The van der Waals surface area contributed by atoms with Gasteiger partial charge in [-0.05, 0) is 24.3 Å². The number of carbonyl (C=O) groups excluding carboxylic acids is 1. The highest BCUT2D eigenvalue weighted by atomic mass is 35.5. The van der Waals surface area contributed by atoms with Gasteiger partial charge in [0.05, 0.1) is 36.9 Å². The molecule has 1 fully saturated rings. The first-order chi connectivity index (χ1) is 11.2. The zero-order valence-corrected chi connectivity index (χ0v) is 13.7. The lowest BCUT2D eigenvalue weighted by molar-refractivity contribution is -0.892. The number of benzene rings is 2. The van der Waals surface area contributed by atoms with Crippen molar-refractivity contribution in [1.82, 2.24) is 0 Å². The summed E-state index contributed by atoms with van der Waals surface area (Å²) in [4.78, 5) is 15.9. The van der Waals surface area contributed by atoms with Crippen LogP contribution in [0.25, 0.3) is 0 Å². The molecule has 2 aromatic carbocycles. The van der Waals surface area contributed by atoms with Crippen molar-refractivity contribution in [3.8, 4) is 0 Å². The highest BCUT2D eigenvalue weighted by molar-refractivity contribution is 6.33. The van der Waals surface area contributed by atoms with Crippen LogP contribution in [0, 0.1) is 0 Å². The Hall–Kier alpha value is -2.04. The Labute approximate surface area is 141 Å². The molecular weight excluding hydrogens is 310 g/mol. The first kappa shape index (κ1) is 15.8. The molecule has 0 saturated carbocycles. The minimum absolute atomic E-state index is 0.0151. The smallest absolute Gasteiger partial charge is 0.279 e. The number of halogens is 1. The second-order valence-corrected chi connectivity index (χ2v) is 6.18. The van der Waals surface area contributed by atoms with E-state index in [1.54, 1.807) is 6.07 Å². The Morgan fingerprint density at radius 2 is 1.70 bits per heavy atom. The highest BCUT2D eigenvalue weighted by Gasteiger charge is 2.22. The minimum Gasteiger partial charge on any atom is -0.360 e. The van der Waals surface area contributed by atoms with Gasteiger partial charge in [-0.2, -0.15) is 0 Å². The maximum Gasteiger partial charge on any atom is 0.279 e. The molecule has 0 unspecified atom stereocenters. The van der Waals surface area contributed by atoms with Gasteiger partial charge in [0.25, 0.3) is 5.91 Å². The SMILES string of the molecule is O=C(C[NH+]1CCN(c2ccccc2)CC1)Nc1ccccc1Cl. The number of quaternary nitrogens is 1. The summed E-state index contributed by atoms with van der Waals surface area (Å²) in [5, 5.41) is 3.47. The number of amides is 1. The molecule has 0 radical (unpaired) electrons.